The van der Waals surface area contributed by atoms with Crippen molar-refractivity contribution in [2.75, 3.05) is 0 Å². The van der Waals surface area contributed by atoms with Crippen LogP contribution in [-0.4, -0.2) is 17.0 Å². The lowest BCUT2D eigenvalue weighted by Gasteiger charge is -2.37. The number of carboxylic acid groups (broad SMARTS) is 1. The van der Waals surface area contributed by atoms with Crippen molar-refractivity contribution in [1.82, 2.24) is 0 Å². The molecular formula is C13H12F4O2. The van der Waals surface area contributed by atoms with Crippen molar-refractivity contribution in [2.24, 2.45) is 0 Å². The van der Waals surface area contributed by atoms with Crippen LogP contribution in [0, 0.1) is 11.6 Å². The molecule has 1 aromatic carbocycles. The Morgan fingerprint density at radius 1 is 1.11 bits per heavy atom. The summed E-state index contributed by atoms with van der Waals surface area (Å²) in [5.41, 5.74) is -1.92. The molecule has 19 heavy (non-hydrogen) atoms. The molecule has 0 saturated heterocycles. The highest BCUT2D eigenvalue weighted by atomic mass is 19.3. The highest BCUT2D eigenvalue weighted by Crippen LogP contribution is 2.46. The number of carboxylic acids is 1. The van der Waals surface area contributed by atoms with Gasteiger partial charge in [-0.25, -0.2) is 17.6 Å². The Labute approximate surface area is 107 Å². The van der Waals surface area contributed by atoms with E-state index in [1.165, 1.54) is 0 Å². The Bertz CT molecular complexity index is 503. The van der Waals surface area contributed by atoms with E-state index >= 15 is 0 Å². The van der Waals surface area contributed by atoms with Gasteiger partial charge < -0.3 is 5.11 Å². The highest BCUT2D eigenvalue weighted by Gasteiger charge is 2.50. The number of hydrogen-bond acceptors (Lipinski definition) is 1. The lowest BCUT2D eigenvalue weighted by Crippen LogP contribution is -2.43. The standard InChI is InChI=1S/C13H12F4O2/c14-8-1-2-9(10(15)7-8)12(11(18)19)3-5-13(16,17)6-4-12/h1-2,7H,3-6H2,(H,18,19). The first-order valence-electron chi connectivity index (χ1n) is 5.84. The molecule has 6 heteroatoms. The second-order valence-electron chi connectivity index (χ2n) is 4.87. The summed E-state index contributed by atoms with van der Waals surface area (Å²) in [5, 5.41) is 9.30. The van der Waals surface area contributed by atoms with E-state index in [2.05, 4.69) is 0 Å². The zero-order valence-electron chi connectivity index (χ0n) is 9.93. The number of carbonyl (C=O) groups is 1. The molecule has 1 N–H and O–H groups in total. The molecule has 0 bridgehead atoms. The zero-order chi connectivity index (χ0) is 14.3. The van der Waals surface area contributed by atoms with Gasteiger partial charge in [0.2, 0.25) is 5.92 Å². The Hall–Kier alpha value is -1.59. The minimum Gasteiger partial charge on any atom is -0.481 e. The van der Waals surface area contributed by atoms with Crippen molar-refractivity contribution in [3.63, 3.8) is 0 Å². The van der Waals surface area contributed by atoms with Gasteiger partial charge in [-0.3, -0.25) is 4.79 Å². The van der Waals surface area contributed by atoms with E-state index in [0.29, 0.717) is 6.07 Å². The van der Waals surface area contributed by atoms with Crippen LogP contribution in [0.2, 0.25) is 0 Å². The van der Waals surface area contributed by atoms with Crippen LogP contribution in [0.5, 0.6) is 0 Å². The molecule has 0 unspecified atom stereocenters. The summed E-state index contributed by atoms with van der Waals surface area (Å²) in [6, 6.07) is 2.55. The first kappa shape index (κ1) is 13.8. The average Bonchev–Trinajstić information content (AvgIpc) is 2.30. The van der Waals surface area contributed by atoms with Gasteiger partial charge in [-0.05, 0) is 18.9 Å². The number of benzene rings is 1. The van der Waals surface area contributed by atoms with E-state index in [1.807, 2.05) is 0 Å². The summed E-state index contributed by atoms with van der Waals surface area (Å²) < 4.78 is 52.9. The summed E-state index contributed by atoms with van der Waals surface area (Å²) in [6.07, 6.45) is -1.96. The normalized spacial score (nSPS) is 21.1. The van der Waals surface area contributed by atoms with Crippen molar-refractivity contribution in [1.29, 1.82) is 0 Å². The first-order valence-corrected chi connectivity index (χ1v) is 5.84. The number of halogens is 4. The average molecular weight is 276 g/mol. The van der Waals surface area contributed by atoms with E-state index in [4.69, 9.17) is 0 Å². The summed E-state index contributed by atoms with van der Waals surface area (Å²) in [7, 11) is 0. The third-order valence-corrected chi connectivity index (χ3v) is 3.69. The van der Waals surface area contributed by atoms with Crippen molar-refractivity contribution in [3.8, 4) is 0 Å². The van der Waals surface area contributed by atoms with Gasteiger partial charge in [0, 0.05) is 24.5 Å². The molecule has 1 aromatic rings. The largest absolute Gasteiger partial charge is 0.481 e. The van der Waals surface area contributed by atoms with E-state index in [-0.39, 0.29) is 18.4 Å². The molecular weight excluding hydrogens is 264 g/mol. The van der Waals surface area contributed by atoms with Crippen LogP contribution in [-0.2, 0) is 10.2 Å². The Balaban J connectivity index is 2.44. The van der Waals surface area contributed by atoms with Gasteiger partial charge in [-0.1, -0.05) is 6.07 Å². The summed E-state index contributed by atoms with van der Waals surface area (Å²) in [4.78, 5) is 11.4. The minimum atomic E-state index is -2.92. The van der Waals surface area contributed by atoms with Crippen LogP contribution < -0.4 is 0 Å². The molecule has 1 aliphatic rings. The maximum absolute atomic E-state index is 13.7. The minimum absolute atomic E-state index is 0.225. The molecule has 0 aliphatic heterocycles. The van der Waals surface area contributed by atoms with Gasteiger partial charge in [-0.15, -0.1) is 0 Å². The van der Waals surface area contributed by atoms with Crippen molar-refractivity contribution in [2.45, 2.75) is 37.0 Å². The Morgan fingerprint density at radius 3 is 2.16 bits per heavy atom. The van der Waals surface area contributed by atoms with Crippen LogP contribution in [0.25, 0.3) is 0 Å². The monoisotopic (exact) mass is 276 g/mol. The van der Waals surface area contributed by atoms with E-state index in [9.17, 15) is 27.5 Å². The highest BCUT2D eigenvalue weighted by molar-refractivity contribution is 5.81. The molecule has 0 amide bonds. The fourth-order valence-electron chi connectivity index (χ4n) is 2.52. The van der Waals surface area contributed by atoms with Gasteiger partial charge in [0.25, 0.3) is 0 Å². The summed E-state index contributed by atoms with van der Waals surface area (Å²) in [6.45, 7) is 0. The van der Waals surface area contributed by atoms with Crippen LogP contribution in [0.1, 0.15) is 31.2 Å². The van der Waals surface area contributed by atoms with Gasteiger partial charge in [0.05, 0.1) is 5.41 Å². The van der Waals surface area contributed by atoms with Crippen LogP contribution in [0.3, 0.4) is 0 Å². The molecule has 1 fully saturated rings. The van der Waals surface area contributed by atoms with Crippen molar-refractivity contribution < 1.29 is 27.5 Å². The van der Waals surface area contributed by atoms with Crippen molar-refractivity contribution >= 4 is 5.97 Å². The predicted octanol–water partition coefficient (Wildman–Crippen LogP) is 3.50. The predicted molar refractivity (Wildman–Crippen MR) is 59.1 cm³/mol. The summed E-state index contributed by atoms with van der Waals surface area (Å²) >= 11 is 0. The quantitative estimate of drug-likeness (QED) is 0.839. The van der Waals surface area contributed by atoms with Gasteiger partial charge in [0.15, 0.2) is 0 Å². The molecule has 0 heterocycles. The molecule has 0 radical (unpaired) electrons. The van der Waals surface area contributed by atoms with Crippen LogP contribution >= 0.6 is 0 Å². The second-order valence-corrected chi connectivity index (χ2v) is 4.87. The summed E-state index contributed by atoms with van der Waals surface area (Å²) in [5.74, 6) is -6.11. The van der Waals surface area contributed by atoms with Crippen LogP contribution in [0.4, 0.5) is 17.6 Å². The maximum Gasteiger partial charge on any atom is 0.314 e. The second kappa shape index (κ2) is 4.51. The smallest absolute Gasteiger partial charge is 0.314 e. The lowest BCUT2D eigenvalue weighted by molar-refractivity contribution is -0.149. The number of aliphatic carboxylic acids is 1. The fraction of sp³-hybridized carbons (Fsp3) is 0.462. The third-order valence-electron chi connectivity index (χ3n) is 3.69. The van der Waals surface area contributed by atoms with Gasteiger partial charge in [0.1, 0.15) is 11.6 Å². The lowest BCUT2D eigenvalue weighted by atomic mass is 9.68. The Kier molecular flexibility index (Phi) is 3.28. The molecule has 0 spiro atoms. The van der Waals surface area contributed by atoms with E-state index < -0.39 is 41.8 Å². The molecule has 0 aromatic heterocycles. The third kappa shape index (κ3) is 2.43. The number of rotatable bonds is 2. The fourth-order valence-corrected chi connectivity index (χ4v) is 2.52. The van der Waals surface area contributed by atoms with E-state index in [1.54, 1.807) is 0 Å². The Morgan fingerprint density at radius 2 is 1.68 bits per heavy atom. The first-order chi connectivity index (χ1) is 8.77. The number of hydrogen-bond donors (Lipinski definition) is 1. The van der Waals surface area contributed by atoms with Gasteiger partial charge in [-0.2, -0.15) is 0 Å². The molecule has 2 rings (SSSR count). The van der Waals surface area contributed by atoms with Gasteiger partial charge >= 0.3 is 5.97 Å². The van der Waals surface area contributed by atoms with Crippen molar-refractivity contribution in [3.05, 3.63) is 35.4 Å². The van der Waals surface area contributed by atoms with Crippen LogP contribution in [0.15, 0.2) is 18.2 Å². The SMILES string of the molecule is O=C(O)C1(c2ccc(F)cc2F)CCC(F)(F)CC1. The number of alkyl halides is 2. The maximum atomic E-state index is 13.7. The zero-order valence-corrected chi connectivity index (χ0v) is 9.93. The molecule has 1 saturated carbocycles. The topological polar surface area (TPSA) is 37.3 Å². The molecule has 0 atom stereocenters. The molecule has 2 nitrogen and oxygen atoms in total. The molecule has 1 aliphatic carbocycles. The van der Waals surface area contributed by atoms with E-state index in [0.717, 1.165) is 12.1 Å². The molecule has 104 valence electrons.